The molecule has 0 aliphatic carbocycles. The Kier molecular flexibility index (Phi) is 4.85. The van der Waals surface area contributed by atoms with Crippen molar-refractivity contribution in [3.8, 4) is 5.75 Å². The van der Waals surface area contributed by atoms with Crippen LogP contribution in [0.15, 0.2) is 36.7 Å². The van der Waals surface area contributed by atoms with E-state index in [1.807, 2.05) is 29.8 Å². The summed E-state index contributed by atoms with van der Waals surface area (Å²) in [5.41, 5.74) is 1.80. The maximum absolute atomic E-state index is 12.1. The van der Waals surface area contributed by atoms with Crippen LogP contribution in [0.5, 0.6) is 5.75 Å². The predicted octanol–water partition coefficient (Wildman–Crippen LogP) is 4.62. The third-order valence-electron chi connectivity index (χ3n) is 3.20. The van der Waals surface area contributed by atoms with Crippen LogP contribution < -0.4 is 10.1 Å². The number of amides is 1. The van der Waals surface area contributed by atoms with Crippen molar-refractivity contribution in [2.45, 2.75) is 6.92 Å². The summed E-state index contributed by atoms with van der Waals surface area (Å²) in [6.07, 6.45) is 3.73. The average molecular weight is 385 g/mol. The molecule has 0 aliphatic rings. The van der Waals surface area contributed by atoms with Gasteiger partial charge >= 0.3 is 0 Å². The lowest BCUT2D eigenvalue weighted by Gasteiger charge is -2.11. The molecule has 0 aliphatic heterocycles. The lowest BCUT2D eigenvalue weighted by atomic mass is 10.3. The van der Waals surface area contributed by atoms with Crippen molar-refractivity contribution >= 4 is 52.0 Å². The minimum absolute atomic E-state index is 0.207. The van der Waals surface area contributed by atoms with Crippen LogP contribution in [0.2, 0.25) is 15.1 Å². The molecule has 5 nitrogen and oxygen atoms in total. The molecule has 0 saturated carbocycles. The Labute approximate surface area is 153 Å². The summed E-state index contributed by atoms with van der Waals surface area (Å²) < 4.78 is 7.39. The molecule has 2 aromatic heterocycles. The molecule has 2 heterocycles. The van der Waals surface area contributed by atoms with E-state index in [0.717, 1.165) is 5.69 Å². The third-order valence-corrected chi connectivity index (χ3v) is 4.01. The number of carbonyl (C=O) groups excluding carboxylic acids is 1. The number of carbonyl (C=O) groups is 1. The first-order chi connectivity index (χ1) is 11.4. The molecule has 24 heavy (non-hydrogen) atoms. The fourth-order valence-corrected chi connectivity index (χ4v) is 3.11. The number of pyridine rings is 1. The van der Waals surface area contributed by atoms with E-state index >= 15 is 0 Å². The fourth-order valence-electron chi connectivity index (χ4n) is 2.20. The Bertz CT molecular complexity index is 901. The van der Waals surface area contributed by atoms with Gasteiger partial charge in [-0.3, -0.25) is 4.79 Å². The van der Waals surface area contributed by atoms with Gasteiger partial charge < -0.3 is 14.5 Å². The summed E-state index contributed by atoms with van der Waals surface area (Å²) in [7, 11) is 0. The van der Waals surface area contributed by atoms with Crippen molar-refractivity contribution in [2.75, 3.05) is 11.9 Å². The van der Waals surface area contributed by atoms with E-state index < -0.39 is 5.91 Å². The maximum atomic E-state index is 12.1. The molecular formula is C16H12Cl3N3O2. The molecular weight excluding hydrogens is 373 g/mol. The second kappa shape index (κ2) is 6.89. The molecule has 0 unspecified atom stereocenters. The monoisotopic (exact) mass is 383 g/mol. The van der Waals surface area contributed by atoms with E-state index in [2.05, 4.69) is 10.3 Å². The molecule has 124 valence electrons. The molecule has 3 rings (SSSR count). The third kappa shape index (κ3) is 3.59. The quantitative estimate of drug-likeness (QED) is 0.714. The molecule has 3 aromatic rings. The predicted molar refractivity (Wildman–Crippen MR) is 95.5 cm³/mol. The summed E-state index contributed by atoms with van der Waals surface area (Å²) in [5.74, 6) is 0.112. The van der Waals surface area contributed by atoms with Gasteiger partial charge in [0.05, 0.1) is 21.4 Å². The number of rotatable bonds is 4. The van der Waals surface area contributed by atoms with Crippen LogP contribution in [0.25, 0.3) is 5.65 Å². The van der Waals surface area contributed by atoms with E-state index in [0.29, 0.717) is 22.1 Å². The maximum Gasteiger partial charge on any atom is 0.262 e. The minimum Gasteiger partial charge on any atom is -0.480 e. The largest absolute Gasteiger partial charge is 0.480 e. The Morgan fingerprint density at radius 1 is 1.29 bits per heavy atom. The zero-order chi connectivity index (χ0) is 17.3. The molecule has 1 N–H and O–H groups in total. The second-order valence-corrected chi connectivity index (χ2v) is 6.32. The molecule has 1 aromatic carbocycles. The van der Waals surface area contributed by atoms with Crippen LogP contribution in [-0.4, -0.2) is 21.9 Å². The van der Waals surface area contributed by atoms with E-state index in [-0.39, 0.29) is 16.7 Å². The van der Waals surface area contributed by atoms with Crippen molar-refractivity contribution < 1.29 is 9.53 Å². The number of aryl methyl sites for hydroxylation is 1. The van der Waals surface area contributed by atoms with Crippen molar-refractivity contribution in [2.24, 2.45) is 0 Å². The van der Waals surface area contributed by atoms with Crippen LogP contribution in [0.1, 0.15) is 5.69 Å². The molecule has 0 atom stereocenters. The van der Waals surface area contributed by atoms with Gasteiger partial charge in [0, 0.05) is 17.4 Å². The van der Waals surface area contributed by atoms with Gasteiger partial charge in [0.2, 0.25) is 0 Å². The Morgan fingerprint density at radius 2 is 2.00 bits per heavy atom. The van der Waals surface area contributed by atoms with Crippen LogP contribution in [0.3, 0.4) is 0 Å². The highest BCUT2D eigenvalue weighted by atomic mass is 35.5. The average Bonchev–Trinajstić information content (AvgIpc) is 2.89. The standard InChI is InChI=1S/C16H12Cl3N3O2/c1-9-7-22-4-2-3-13(16(22)20-9)24-8-14(23)21-15-11(18)5-10(17)6-12(15)19/h2-7H,8H2,1H3,(H,21,23). The first-order valence-electron chi connectivity index (χ1n) is 6.95. The number of ether oxygens (including phenoxy) is 1. The highest BCUT2D eigenvalue weighted by Gasteiger charge is 2.13. The second-order valence-electron chi connectivity index (χ2n) is 5.07. The number of anilines is 1. The SMILES string of the molecule is Cc1cn2cccc(OCC(=O)Nc3c(Cl)cc(Cl)cc3Cl)c2n1. The molecule has 1 amide bonds. The van der Waals surface area contributed by atoms with Crippen LogP contribution >= 0.6 is 34.8 Å². The summed E-state index contributed by atoms with van der Waals surface area (Å²) in [6, 6.07) is 6.56. The number of aromatic nitrogens is 2. The number of imidazole rings is 1. The van der Waals surface area contributed by atoms with Crippen molar-refractivity contribution in [1.82, 2.24) is 9.38 Å². The first-order valence-corrected chi connectivity index (χ1v) is 8.09. The highest BCUT2D eigenvalue weighted by molar-refractivity contribution is 6.42. The number of hydrogen-bond acceptors (Lipinski definition) is 3. The smallest absolute Gasteiger partial charge is 0.262 e. The topological polar surface area (TPSA) is 55.6 Å². The van der Waals surface area contributed by atoms with Gasteiger partial charge in [-0.2, -0.15) is 0 Å². The zero-order valence-corrected chi connectivity index (χ0v) is 14.8. The number of nitrogens with zero attached hydrogens (tertiary/aromatic N) is 2. The normalized spacial score (nSPS) is 10.8. The molecule has 0 bridgehead atoms. The van der Waals surface area contributed by atoms with Gasteiger partial charge in [0.15, 0.2) is 18.0 Å². The lowest BCUT2D eigenvalue weighted by molar-refractivity contribution is -0.118. The molecule has 0 spiro atoms. The summed E-state index contributed by atoms with van der Waals surface area (Å²) in [5, 5.41) is 3.52. The van der Waals surface area contributed by atoms with E-state index in [4.69, 9.17) is 39.5 Å². The van der Waals surface area contributed by atoms with Gasteiger partial charge in [-0.15, -0.1) is 0 Å². The fraction of sp³-hybridized carbons (Fsp3) is 0.125. The summed E-state index contributed by atoms with van der Waals surface area (Å²) in [4.78, 5) is 16.5. The van der Waals surface area contributed by atoms with Gasteiger partial charge in [-0.25, -0.2) is 4.98 Å². The van der Waals surface area contributed by atoms with Crippen LogP contribution in [0.4, 0.5) is 5.69 Å². The Morgan fingerprint density at radius 3 is 2.71 bits per heavy atom. The first kappa shape index (κ1) is 16.9. The number of halogens is 3. The van der Waals surface area contributed by atoms with E-state index in [1.165, 1.54) is 12.1 Å². The van der Waals surface area contributed by atoms with Gasteiger partial charge in [-0.05, 0) is 31.2 Å². The summed E-state index contributed by atoms with van der Waals surface area (Å²) >= 11 is 17.9. The molecule has 0 radical (unpaired) electrons. The van der Waals surface area contributed by atoms with Gasteiger partial charge in [0.25, 0.3) is 5.91 Å². The number of nitrogens with one attached hydrogen (secondary N) is 1. The van der Waals surface area contributed by atoms with Gasteiger partial charge in [-0.1, -0.05) is 34.8 Å². The van der Waals surface area contributed by atoms with Crippen LogP contribution in [0, 0.1) is 6.92 Å². The minimum atomic E-state index is -0.397. The zero-order valence-electron chi connectivity index (χ0n) is 12.5. The van der Waals surface area contributed by atoms with Crippen molar-refractivity contribution in [3.63, 3.8) is 0 Å². The molecule has 0 saturated heterocycles. The number of fused-ring (bicyclic) bond motifs is 1. The van der Waals surface area contributed by atoms with E-state index in [9.17, 15) is 4.79 Å². The Hall–Kier alpha value is -1.95. The number of benzene rings is 1. The molecule has 8 heteroatoms. The summed E-state index contributed by atoms with van der Waals surface area (Å²) in [6.45, 7) is 1.68. The van der Waals surface area contributed by atoms with Crippen molar-refractivity contribution in [1.29, 1.82) is 0 Å². The van der Waals surface area contributed by atoms with E-state index in [1.54, 1.807) is 6.07 Å². The van der Waals surface area contributed by atoms with Gasteiger partial charge in [0.1, 0.15) is 0 Å². The Balaban J connectivity index is 1.72. The highest BCUT2D eigenvalue weighted by Crippen LogP contribution is 2.33. The lowest BCUT2D eigenvalue weighted by Crippen LogP contribution is -2.20. The number of hydrogen-bond donors (Lipinski definition) is 1. The molecule has 0 fully saturated rings. The van der Waals surface area contributed by atoms with Crippen LogP contribution in [-0.2, 0) is 4.79 Å². The van der Waals surface area contributed by atoms with Crippen molar-refractivity contribution in [3.05, 3.63) is 57.4 Å².